The van der Waals surface area contributed by atoms with Crippen molar-refractivity contribution in [2.75, 3.05) is 0 Å². The van der Waals surface area contributed by atoms with Gasteiger partial charge in [-0.3, -0.25) is 0 Å². The highest BCUT2D eigenvalue weighted by Gasteiger charge is 2.06. The summed E-state index contributed by atoms with van der Waals surface area (Å²) in [7, 11) is 0. The Bertz CT molecular complexity index is 690. The summed E-state index contributed by atoms with van der Waals surface area (Å²) < 4.78 is 1.94. The first-order valence-corrected chi connectivity index (χ1v) is 7.00. The molecule has 4 heteroatoms. The van der Waals surface area contributed by atoms with Gasteiger partial charge in [-0.1, -0.05) is 42.5 Å². The summed E-state index contributed by atoms with van der Waals surface area (Å²) >= 11 is 0. The van der Waals surface area contributed by atoms with Gasteiger partial charge in [-0.2, -0.15) is 5.10 Å². The summed E-state index contributed by atoms with van der Waals surface area (Å²) in [4.78, 5) is 4.34. The summed E-state index contributed by atoms with van der Waals surface area (Å²) in [5.41, 5.74) is 2.41. The number of aromatic nitrogens is 3. The van der Waals surface area contributed by atoms with Gasteiger partial charge in [-0.05, 0) is 29.7 Å². The van der Waals surface area contributed by atoms with Crippen LogP contribution in [-0.2, 0) is 19.4 Å². The molecule has 3 rings (SSSR count). The van der Waals surface area contributed by atoms with Crippen LogP contribution in [-0.4, -0.2) is 19.9 Å². The molecule has 2 aromatic carbocycles. The average molecular weight is 279 g/mol. The zero-order valence-corrected chi connectivity index (χ0v) is 11.7. The number of aryl methyl sites for hydroxylation is 2. The van der Waals surface area contributed by atoms with Gasteiger partial charge in [0.1, 0.15) is 17.9 Å². The number of hydrogen-bond acceptors (Lipinski definition) is 3. The van der Waals surface area contributed by atoms with Gasteiger partial charge in [0.2, 0.25) is 0 Å². The van der Waals surface area contributed by atoms with E-state index in [4.69, 9.17) is 0 Å². The lowest BCUT2D eigenvalue weighted by Crippen LogP contribution is -2.08. The molecule has 21 heavy (non-hydrogen) atoms. The minimum absolute atomic E-state index is 0.282. The molecule has 0 fully saturated rings. The SMILES string of the molecule is Oc1ccc(Cc2ncnn2CCc2ccccc2)cc1. The zero-order chi connectivity index (χ0) is 14.5. The van der Waals surface area contributed by atoms with Crippen molar-refractivity contribution in [3.63, 3.8) is 0 Å². The van der Waals surface area contributed by atoms with E-state index in [-0.39, 0.29) is 5.75 Å². The number of rotatable bonds is 5. The molecule has 1 aromatic heterocycles. The highest BCUT2D eigenvalue weighted by Crippen LogP contribution is 2.13. The van der Waals surface area contributed by atoms with Crippen LogP contribution in [0.2, 0.25) is 0 Å². The van der Waals surface area contributed by atoms with Crippen molar-refractivity contribution in [2.24, 2.45) is 0 Å². The maximum Gasteiger partial charge on any atom is 0.138 e. The fraction of sp³-hybridized carbons (Fsp3) is 0.176. The predicted molar refractivity (Wildman–Crippen MR) is 81.1 cm³/mol. The zero-order valence-electron chi connectivity index (χ0n) is 11.7. The molecule has 0 aliphatic heterocycles. The Morgan fingerprint density at radius 3 is 2.43 bits per heavy atom. The molecular weight excluding hydrogens is 262 g/mol. The molecule has 0 bridgehead atoms. The summed E-state index contributed by atoms with van der Waals surface area (Å²) in [6.07, 6.45) is 3.25. The largest absolute Gasteiger partial charge is 0.508 e. The van der Waals surface area contributed by atoms with E-state index in [1.54, 1.807) is 18.5 Å². The summed E-state index contributed by atoms with van der Waals surface area (Å²) in [6.45, 7) is 0.817. The Balaban J connectivity index is 1.68. The second kappa shape index (κ2) is 6.22. The maximum absolute atomic E-state index is 9.31. The molecule has 3 aromatic rings. The predicted octanol–water partition coefficient (Wildman–Crippen LogP) is 2.82. The molecule has 0 aliphatic rings. The monoisotopic (exact) mass is 279 g/mol. The Morgan fingerprint density at radius 2 is 1.67 bits per heavy atom. The minimum atomic E-state index is 0.282. The van der Waals surface area contributed by atoms with E-state index < -0.39 is 0 Å². The van der Waals surface area contributed by atoms with Crippen LogP contribution in [0.3, 0.4) is 0 Å². The number of phenols is 1. The number of aromatic hydroxyl groups is 1. The normalized spacial score (nSPS) is 10.7. The highest BCUT2D eigenvalue weighted by atomic mass is 16.3. The first-order valence-electron chi connectivity index (χ1n) is 7.00. The quantitative estimate of drug-likeness (QED) is 0.781. The van der Waals surface area contributed by atoms with Crippen LogP contribution in [0.15, 0.2) is 60.9 Å². The van der Waals surface area contributed by atoms with E-state index in [0.717, 1.165) is 30.8 Å². The van der Waals surface area contributed by atoms with Gasteiger partial charge in [0.15, 0.2) is 0 Å². The fourth-order valence-electron chi connectivity index (χ4n) is 2.29. The number of nitrogens with zero attached hydrogens (tertiary/aromatic N) is 3. The lowest BCUT2D eigenvalue weighted by molar-refractivity contribution is 0.475. The van der Waals surface area contributed by atoms with Gasteiger partial charge in [-0.25, -0.2) is 9.67 Å². The molecule has 0 radical (unpaired) electrons. The van der Waals surface area contributed by atoms with E-state index in [0.29, 0.717) is 0 Å². The molecule has 0 atom stereocenters. The molecule has 0 saturated carbocycles. The highest BCUT2D eigenvalue weighted by molar-refractivity contribution is 5.27. The Morgan fingerprint density at radius 1 is 0.905 bits per heavy atom. The standard InChI is InChI=1S/C17H17N3O/c21-16-8-6-15(7-9-16)12-17-18-13-19-20(17)11-10-14-4-2-1-3-5-14/h1-9,13,21H,10-12H2. The third-order valence-corrected chi connectivity index (χ3v) is 3.45. The van der Waals surface area contributed by atoms with Crippen molar-refractivity contribution in [3.8, 4) is 5.75 Å². The van der Waals surface area contributed by atoms with E-state index in [9.17, 15) is 5.11 Å². The molecule has 0 spiro atoms. The van der Waals surface area contributed by atoms with Crippen molar-refractivity contribution in [1.29, 1.82) is 0 Å². The molecule has 4 nitrogen and oxygen atoms in total. The lowest BCUT2D eigenvalue weighted by atomic mass is 10.1. The lowest BCUT2D eigenvalue weighted by Gasteiger charge is -2.06. The smallest absolute Gasteiger partial charge is 0.138 e. The van der Waals surface area contributed by atoms with Crippen LogP contribution in [0.1, 0.15) is 17.0 Å². The van der Waals surface area contributed by atoms with E-state index in [1.165, 1.54) is 5.56 Å². The molecule has 1 N–H and O–H groups in total. The third-order valence-electron chi connectivity index (χ3n) is 3.45. The second-order valence-corrected chi connectivity index (χ2v) is 4.98. The topological polar surface area (TPSA) is 50.9 Å². The first-order chi connectivity index (χ1) is 10.3. The molecule has 0 saturated heterocycles. The van der Waals surface area contributed by atoms with Crippen LogP contribution >= 0.6 is 0 Å². The van der Waals surface area contributed by atoms with Gasteiger partial charge in [0, 0.05) is 13.0 Å². The van der Waals surface area contributed by atoms with Crippen LogP contribution in [0, 0.1) is 0 Å². The first kappa shape index (κ1) is 13.4. The van der Waals surface area contributed by atoms with Crippen LogP contribution < -0.4 is 0 Å². The van der Waals surface area contributed by atoms with Crippen molar-refractivity contribution >= 4 is 0 Å². The Kier molecular flexibility index (Phi) is 3.96. The van der Waals surface area contributed by atoms with Crippen molar-refractivity contribution in [1.82, 2.24) is 14.8 Å². The summed E-state index contributed by atoms with van der Waals surface area (Å²) in [5, 5.41) is 13.6. The fourth-order valence-corrected chi connectivity index (χ4v) is 2.29. The summed E-state index contributed by atoms with van der Waals surface area (Å²) in [6, 6.07) is 17.6. The molecule has 0 aliphatic carbocycles. The van der Waals surface area contributed by atoms with Gasteiger partial charge >= 0.3 is 0 Å². The van der Waals surface area contributed by atoms with Crippen LogP contribution in [0.4, 0.5) is 0 Å². The molecule has 1 heterocycles. The van der Waals surface area contributed by atoms with E-state index in [2.05, 4.69) is 22.2 Å². The van der Waals surface area contributed by atoms with E-state index in [1.807, 2.05) is 35.0 Å². The van der Waals surface area contributed by atoms with E-state index >= 15 is 0 Å². The van der Waals surface area contributed by atoms with Gasteiger partial charge < -0.3 is 5.11 Å². The second-order valence-electron chi connectivity index (χ2n) is 4.98. The number of benzene rings is 2. The van der Waals surface area contributed by atoms with Gasteiger partial charge in [-0.15, -0.1) is 0 Å². The molecule has 0 unspecified atom stereocenters. The molecule has 0 amide bonds. The third kappa shape index (κ3) is 3.48. The maximum atomic E-state index is 9.31. The molecule has 106 valence electrons. The summed E-state index contributed by atoms with van der Waals surface area (Å²) in [5.74, 6) is 1.22. The van der Waals surface area contributed by atoms with Gasteiger partial charge in [0.25, 0.3) is 0 Å². The Hall–Kier alpha value is -2.62. The number of phenolic OH excluding ortho intramolecular Hbond substituents is 1. The average Bonchev–Trinajstić information content (AvgIpc) is 2.96. The Labute approximate surface area is 123 Å². The van der Waals surface area contributed by atoms with Gasteiger partial charge in [0.05, 0.1) is 0 Å². The van der Waals surface area contributed by atoms with Crippen LogP contribution in [0.25, 0.3) is 0 Å². The molecular formula is C17H17N3O. The number of hydrogen-bond donors (Lipinski definition) is 1. The van der Waals surface area contributed by atoms with Crippen molar-refractivity contribution < 1.29 is 5.11 Å². The van der Waals surface area contributed by atoms with Crippen LogP contribution in [0.5, 0.6) is 5.75 Å². The van der Waals surface area contributed by atoms with Crippen molar-refractivity contribution in [2.45, 2.75) is 19.4 Å². The van der Waals surface area contributed by atoms with Crippen molar-refractivity contribution in [3.05, 3.63) is 77.9 Å². The minimum Gasteiger partial charge on any atom is -0.508 e.